The highest BCUT2D eigenvalue weighted by atomic mass is 19.2. The first-order valence-electron chi connectivity index (χ1n) is 14.9. The zero-order chi connectivity index (χ0) is 34.2. The van der Waals surface area contributed by atoms with Crippen LogP contribution in [0.2, 0.25) is 0 Å². The van der Waals surface area contributed by atoms with Crippen molar-refractivity contribution in [1.82, 2.24) is 15.1 Å². The minimum absolute atomic E-state index is 0.0177. The molecule has 0 saturated heterocycles. The van der Waals surface area contributed by atoms with Crippen molar-refractivity contribution in [2.24, 2.45) is 5.73 Å². The number of unbranched alkanes of at least 4 members (excludes halogenated alkanes) is 3. The molecule has 0 radical (unpaired) electrons. The first-order chi connectivity index (χ1) is 21.8. The molecule has 1 atom stereocenters. The molecule has 2 amide bonds. The smallest absolute Gasteiger partial charge is 0.426 e. The molecule has 0 saturated carbocycles. The van der Waals surface area contributed by atoms with Gasteiger partial charge in [-0.1, -0.05) is 25.0 Å². The predicted octanol–water partition coefficient (Wildman–Crippen LogP) is 5.83. The van der Waals surface area contributed by atoms with E-state index in [1.165, 1.54) is 29.2 Å². The summed E-state index contributed by atoms with van der Waals surface area (Å²) >= 11 is 0. The number of nitrogens with one attached hydrogen (secondary N) is 1. The summed E-state index contributed by atoms with van der Waals surface area (Å²) in [7, 11) is 5.42. The van der Waals surface area contributed by atoms with Gasteiger partial charge in [-0.25, -0.2) is 22.8 Å². The molecule has 0 spiro atoms. The van der Waals surface area contributed by atoms with Crippen molar-refractivity contribution >= 4 is 18.2 Å². The predicted molar refractivity (Wildman–Crippen MR) is 159 cm³/mol. The highest BCUT2D eigenvalue weighted by Gasteiger charge is 2.30. The van der Waals surface area contributed by atoms with Gasteiger partial charge in [0.25, 0.3) is 0 Å². The van der Waals surface area contributed by atoms with Crippen LogP contribution in [0, 0.1) is 29.1 Å². The lowest BCUT2D eigenvalue weighted by Crippen LogP contribution is -2.32. The van der Waals surface area contributed by atoms with Crippen LogP contribution in [0.4, 0.5) is 31.5 Å². The third kappa shape index (κ3) is 12.4. The van der Waals surface area contributed by atoms with Crippen LogP contribution in [-0.2, 0) is 9.53 Å². The van der Waals surface area contributed by atoms with Gasteiger partial charge in [0.1, 0.15) is 11.9 Å². The first-order valence-corrected chi connectivity index (χ1v) is 14.9. The lowest BCUT2D eigenvalue weighted by Gasteiger charge is -2.20. The fourth-order valence-electron chi connectivity index (χ4n) is 4.22. The number of rotatable bonds is 18. The minimum Gasteiger partial charge on any atom is -0.426 e. The van der Waals surface area contributed by atoms with E-state index < -0.39 is 53.2 Å². The van der Waals surface area contributed by atoms with Crippen LogP contribution in [0.15, 0.2) is 24.3 Å². The summed E-state index contributed by atoms with van der Waals surface area (Å²) in [5.74, 6) is -13.6. The standard InChI is InChI=1S/C31H41F5N4O6/c1-39(2)18-9-19-40(3)30(42)44-21-14-12-20(13-15-21)22(10-8-11-23(41)38-17-7-5-4-6-16-37)45-31(43)46-29-27(35)25(33)24(32)26(34)28(29)36/h12-15,22H,4-11,16-19,37H2,1-3H3,(H,38,41). The average Bonchev–Trinajstić information content (AvgIpc) is 3.02. The number of hydrogen-bond donors (Lipinski definition) is 2. The van der Waals surface area contributed by atoms with E-state index in [1.807, 2.05) is 19.0 Å². The van der Waals surface area contributed by atoms with Crippen molar-refractivity contribution in [2.45, 2.75) is 57.5 Å². The lowest BCUT2D eigenvalue weighted by atomic mass is 10.0. The molecule has 0 bridgehead atoms. The summed E-state index contributed by atoms with van der Waals surface area (Å²) in [5, 5.41) is 2.78. The average molecular weight is 661 g/mol. The number of benzene rings is 2. The second-order valence-electron chi connectivity index (χ2n) is 10.8. The van der Waals surface area contributed by atoms with E-state index in [1.54, 1.807) is 7.05 Å². The molecular weight excluding hydrogens is 619 g/mol. The van der Waals surface area contributed by atoms with E-state index in [0.29, 0.717) is 25.2 Å². The van der Waals surface area contributed by atoms with Crippen LogP contribution < -0.4 is 20.5 Å². The van der Waals surface area contributed by atoms with Crippen LogP contribution in [0.1, 0.15) is 63.0 Å². The van der Waals surface area contributed by atoms with Crippen molar-refractivity contribution in [3.05, 3.63) is 58.9 Å². The number of nitrogens with two attached hydrogens (primary N) is 1. The molecule has 10 nitrogen and oxygen atoms in total. The molecule has 1 unspecified atom stereocenters. The molecule has 15 heteroatoms. The quantitative estimate of drug-likeness (QED) is 0.0512. The summed E-state index contributed by atoms with van der Waals surface area (Å²) in [6.07, 6.45) is 1.02. The van der Waals surface area contributed by atoms with Gasteiger partial charge in [0, 0.05) is 26.6 Å². The first kappa shape index (κ1) is 38.2. The summed E-state index contributed by atoms with van der Waals surface area (Å²) in [6.45, 7) is 2.31. The van der Waals surface area contributed by atoms with Crippen LogP contribution >= 0.6 is 0 Å². The van der Waals surface area contributed by atoms with E-state index in [0.717, 1.165) is 38.6 Å². The van der Waals surface area contributed by atoms with Gasteiger partial charge < -0.3 is 35.1 Å². The zero-order valence-electron chi connectivity index (χ0n) is 26.2. The Bertz CT molecular complexity index is 1270. The van der Waals surface area contributed by atoms with Gasteiger partial charge in [-0.3, -0.25) is 4.79 Å². The summed E-state index contributed by atoms with van der Waals surface area (Å²) in [5.41, 5.74) is 5.78. The van der Waals surface area contributed by atoms with E-state index >= 15 is 0 Å². The fourth-order valence-corrected chi connectivity index (χ4v) is 4.22. The molecule has 46 heavy (non-hydrogen) atoms. The van der Waals surface area contributed by atoms with Gasteiger partial charge in [-0.05, 0) is 77.0 Å². The monoisotopic (exact) mass is 660 g/mol. The van der Waals surface area contributed by atoms with Gasteiger partial charge in [0.05, 0.1) is 0 Å². The van der Waals surface area contributed by atoms with E-state index in [4.69, 9.17) is 15.2 Å². The third-order valence-electron chi connectivity index (χ3n) is 6.78. The van der Waals surface area contributed by atoms with Crippen molar-refractivity contribution < 1.29 is 50.5 Å². The summed E-state index contributed by atoms with van der Waals surface area (Å²) in [4.78, 5) is 40.6. The number of amides is 2. The Morgan fingerprint density at radius 1 is 0.783 bits per heavy atom. The van der Waals surface area contributed by atoms with E-state index in [2.05, 4.69) is 10.1 Å². The topological polar surface area (TPSA) is 123 Å². The molecule has 2 rings (SSSR count). The summed E-state index contributed by atoms with van der Waals surface area (Å²) in [6, 6.07) is 5.74. The van der Waals surface area contributed by atoms with E-state index in [-0.39, 0.29) is 30.9 Å². The number of carbonyl (C=O) groups excluding carboxylic acids is 3. The molecular formula is C31H41F5N4O6. The van der Waals surface area contributed by atoms with Crippen molar-refractivity contribution in [3.63, 3.8) is 0 Å². The van der Waals surface area contributed by atoms with Crippen molar-refractivity contribution in [1.29, 1.82) is 0 Å². The van der Waals surface area contributed by atoms with Crippen LogP contribution in [0.25, 0.3) is 0 Å². The molecule has 256 valence electrons. The molecule has 0 fully saturated rings. The van der Waals surface area contributed by atoms with Crippen LogP contribution in [-0.4, -0.2) is 75.3 Å². The molecule has 0 aliphatic heterocycles. The highest BCUT2D eigenvalue weighted by molar-refractivity contribution is 5.75. The Morgan fingerprint density at radius 3 is 2.00 bits per heavy atom. The molecule has 0 heterocycles. The SMILES string of the molecule is CN(C)CCCN(C)C(=O)Oc1ccc(C(CCCC(=O)NCCCCCCN)OC(=O)Oc2c(F)c(F)c(F)c(F)c2F)cc1. The molecule has 0 aliphatic carbocycles. The van der Waals surface area contributed by atoms with Gasteiger partial charge in [-0.2, -0.15) is 8.78 Å². The Balaban J connectivity index is 2.10. The maximum atomic E-state index is 14.1. The maximum Gasteiger partial charge on any atom is 0.514 e. The van der Waals surface area contributed by atoms with Crippen molar-refractivity contribution in [2.75, 3.05) is 47.3 Å². The molecule has 0 aliphatic rings. The van der Waals surface area contributed by atoms with Gasteiger partial charge >= 0.3 is 12.2 Å². The Hall–Kier alpha value is -3.98. The Kier molecular flexibility index (Phi) is 16.2. The molecule has 2 aromatic rings. The Morgan fingerprint density at radius 2 is 1.39 bits per heavy atom. The molecule has 0 aromatic heterocycles. The van der Waals surface area contributed by atoms with Crippen molar-refractivity contribution in [3.8, 4) is 11.5 Å². The van der Waals surface area contributed by atoms with Gasteiger partial charge in [0.2, 0.25) is 40.7 Å². The number of carbonyl (C=O) groups is 3. The molecule has 2 aromatic carbocycles. The minimum atomic E-state index is -2.41. The normalized spacial score (nSPS) is 11.7. The van der Waals surface area contributed by atoms with Crippen LogP contribution in [0.3, 0.4) is 0 Å². The largest absolute Gasteiger partial charge is 0.514 e. The summed E-state index contributed by atoms with van der Waals surface area (Å²) < 4.78 is 83.6. The second kappa shape index (κ2) is 19.5. The second-order valence-corrected chi connectivity index (χ2v) is 10.8. The zero-order valence-corrected chi connectivity index (χ0v) is 26.2. The number of halogens is 5. The van der Waals surface area contributed by atoms with Crippen LogP contribution in [0.5, 0.6) is 11.5 Å². The van der Waals surface area contributed by atoms with Gasteiger partial charge in [-0.15, -0.1) is 0 Å². The molecule has 3 N–H and O–H groups in total. The highest BCUT2D eigenvalue weighted by Crippen LogP contribution is 2.31. The lowest BCUT2D eigenvalue weighted by molar-refractivity contribution is -0.121. The van der Waals surface area contributed by atoms with Gasteiger partial charge in [0.15, 0.2) is 0 Å². The number of ether oxygens (including phenoxy) is 3. The number of hydrogen-bond acceptors (Lipinski definition) is 8. The number of nitrogens with zero attached hydrogens (tertiary/aromatic N) is 2. The fraction of sp³-hybridized carbons (Fsp3) is 0.516. The third-order valence-corrected chi connectivity index (χ3v) is 6.78. The Labute approximate surface area is 264 Å². The van der Waals surface area contributed by atoms with E-state index in [9.17, 15) is 36.3 Å². The maximum absolute atomic E-state index is 14.1.